The molecule has 2 saturated heterocycles. The third kappa shape index (κ3) is 1.63. The third-order valence-electron chi connectivity index (χ3n) is 6.03. The van der Waals surface area contributed by atoms with E-state index in [1.54, 1.807) is 9.80 Å². The SMILES string of the molecule is O=C(O)C12CC3=C4Oc5c(N6CCN(O)CC6)c(F)cc(c5N4C1S3)C2=O. The standard InChI is InChI=1S/C17H14FN3O5S/c18-8-5-7-10-12(11(8)19-1-3-20(25)4-2-19)26-14-9-6-17(13(7)22,16(23)24)15(27-9)21(10)14/h5,15,25H,1-4,6H2,(H,23,24). The molecule has 0 saturated carbocycles. The molecular weight excluding hydrogens is 377 g/mol. The molecule has 1 aromatic carbocycles. The van der Waals surface area contributed by atoms with Gasteiger partial charge in [0.25, 0.3) is 0 Å². The molecule has 5 aliphatic heterocycles. The van der Waals surface area contributed by atoms with E-state index in [4.69, 9.17) is 4.74 Å². The maximum Gasteiger partial charge on any atom is 0.321 e. The van der Waals surface area contributed by atoms with Crippen LogP contribution >= 0.6 is 11.8 Å². The number of Topliss-reactive ketones (excluding diaryl/α,β-unsaturated/α-hetero) is 1. The molecule has 0 aliphatic carbocycles. The number of anilines is 2. The monoisotopic (exact) mass is 391 g/mol. The van der Waals surface area contributed by atoms with Crippen molar-refractivity contribution in [1.29, 1.82) is 0 Å². The summed E-state index contributed by atoms with van der Waals surface area (Å²) in [4.78, 5) is 29.5. The topological polar surface area (TPSA) is 93.6 Å². The van der Waals surface area contributed by atoms with E-state index in [2.05, 4.69) is 0 Å². The summed E-state index contributed by atoms with van der Waals surface area (Å²) in [6, 6.07) is 1.15. The van der Waals surface area contributed by atoms with Gasteiger partial charge in [0.15, 0.2) is 22.8 Å². The first kappa shape index (κ1) is 15.7. The lowest BCUT2D eigenvalue weighted by atomic mass is 9.72. The van der Waals surface area contributed by atoms with Crippen LogP contribution in [0.15, 0.2) is 16.9 Å². The van der Waals surface area contributed by atoms with E-state index in [0.29, 0.717) is 37.7 Å². The Kier molecular flexibility index (Phi) is 2.77. The van der Waals surface area contributed by atoms with Crippen molar-refractivity contribution in [1.82, 2.24) is 5.06 Å². The minimum absolute atomic E-state index is 0.0715. The second-order valence-corrected chi connectivity index (χ2v) is 8.50. The summed E-state index contributed by atoms with van der Waals surface area (Å²) in [5.41, 5.74) is -0.772. The number of hydroxylamine groups is 2. The number of benzene rings is 1. The Morgan fingerprint density at radius 2 is 2.04 bits per heavy atom. The molecule has 0 aromatic heterocycles. The van der Waals surface area contributed by atoms with E-state index in [-0.39, 0.29) is 23.4 Å². The largest absolute Gasteiger partial charge is 0.480 e. The molecule has 2 fully saturated rings. The van der Waals surface area contributed by atoms with Crippen molar-refractivity contribution in [2.75, 3.05) is 36.0 Å². The molecule has 0 radical (unpaired) electrons. The fraction of sp³-hybridized carbons (Fsp3) is 0.412. The zero-order valence-electron chi connectivity index (χ0n) is 13.9. The van der Waals surface area contributed by atoms with Crippen LogP contribution in [0, 0.1) is 11.2 Å². The van der Waals surface area contributed by atoms with Crippen LogP contribution in [-0.4, -0.2) is 58.7 Å². The second kappa shape index (κ2) is 4.75. The second-order valence-electron chi connectivity index (χ2n) is 7.33. The number of thioether (sulfide) groups is 1. The fourth-order valence-electron chi connectivity index (χ4n) is 4.72. The number of allylic oxidation sites excluding steroid dienone is 1. The number of carboxylic acids is 1. The normalized spacial score (nSPS) is 30.4. The highest BCUT2D eigenvalue weighted by Gasteiger charge is 2.70. The summed E-state index contributed by atoms with van der Waals surface area (Å²) >= 11 is 1.35. The number of nitrogens with zero attached hydrogens (tertiary/aromatic N) is 3. The fourth-order valence-corrected chi connectivity index (χ4v) is 6.34. The first-order chi connectivity index (χ1) is 12.9. The van der Waals surface area contributed by atoms with Gasteiger partial charge >= 0.3 is 5.97 Å². The number of carbonyl (C=O) groups is 2. The number of piperazine rings is 1. The lowest BCUT2D eigenvalue weighted by Gasteiger charge is -2.40. The molecule has 2 atom stereocenters. The average Bonchev–Trinajstić information content (AvgIpc) is 3.30. The van der Waals surface area contributed by atoms with Crippen LogP contribution in [0.2, 0.25) is 0 Å². The smallest absolute Gasteiger partial charge is 0.321 e. The summed E-state index contributed by atoms with van der Waals surface area (Å²) < 4.78 is 21.1. The van der Waals surface area contributed by atoms with Crippen LogP contribution < -0.4 is 14.5 Å². The molecule has 1 aromatic rings. The van der Waals surface area contributed by atoms with E-state index in [1.165, 1.54) is 16.8 Å². The number of carbonyl (C=O) groups excluding carboxylic acids is 1. The Bertz CT molecular complexity index is 989. The summed E-state index contributed by atoms with van der Waals surface area (Å²) in [6.45, 7) is 1.57. The molecule has 2 bridgehead atoms. The molecule has 27 heavy (non-hydrogen) atoms. The van der Waals surface area contributed by atoms with Crippen LogP contribution in [0.3, 0.4) is 0 Å². The van der Waals surface area contributed by atoms with E-state index in [0.717, 1.165) is 11.0 Å². The van der Waals surface area contributed by atoms with E-state index >= 15 is 4.39 Å². The minimum atomic E-state index is -1.59. The summed E-state index contributed by atoms with van der Waals surface area (Å²) in [6.07, 6.45) is 0.0837. The van der Waals surface area contributed by atoms with E-state index in [9.17, 15) is 19.9 Å². The maximum absolute atomic E-state index is 15.1. The lowest BCUT2D eigenvalue weighted by molar-refractivity contribution is -0.145. The van der Waals surface area contributed by atoms with Crippen LogP contribution in [0.4, 0.5) is 15.8 Å². The highest BCUT2D eigenvalue weighted by molar-refractivity contribution is 8.04. The van der Waals surface area contributed by atoms with E-state index in [1.807, 2.05) is 0 Å². The van der Waals surface area contributed by atoms with Crippen molar-refractivity contribution in [3.05, 3.63) is 28.2 Å². The summed E-state index contributed by atoms with van der Waals surface area (Å²) in [5, 5.41) is 20.0. The maximum atomic E-state index is 15.1. The Balaban J connectivity index is 1.58. The highest BCUT2D eigenvalue weighted by atomic mass is 32.2. The Hall–Kier alpha value is -2.30. The highest BCUT2D eigenvalue weighted by Crippen LogP contribution is 2.69. The number of aliphatic carboxylic acids is 1. The Labute approximate surface area is 156 Å². The number of halogens is 1. The van der Waals surface area contributed by atoms with Crippen molar-refractivity contribution in [3.8, 4) is 5.75 Å². The molecule has 0 spiro atoms. The molecule has 8 nitrogen and oxygen atoms in total. The number of fused-ring (bicyclic) bond motifs is 1. The molecule has 10 heteroatoms. The average molecular weight is 391 g/mol. The van der Waals surface area contributed by atoms with Gasteiger partial charge in [-0.15, -0.1) is 0 Å². The van der Waals surface area contributed by atoms with Crippen molar-refractivity contribution >= 4 is 34.9 Å². The van der Waals surface area contributed by atoms with Gasteiger partial charge in [0.2, 0.25) is 5.88 Å². The first-order valence-electron chi connectivity index (χ1n) is 8.64. The predicted molar refractivity (Wildman–Crippen MR) is 92.5 cm³/mol. The summed E-state index contributed by atoms with van der Waals surface area (Å²) in [5.74, 6) is -1.53. The van der Waals surface area contributed by atoms with Crippen molar-refractivity contribution in [2.24, 2.45) is 5.41 Å². The molecule has 5 heterocycles. The number of hydrogen-bond donors (Lipinski definition) is 2. The van der Waals surface area contributed by atoms with Crippen molar-refractivity contribution in [2.45, 2.75) is 11.8 Å². The molecular formula is C17H14FN3O5S. The number of ether oxygens (including phenoxy) is 1. The van der Waals surface area contributed by atoms with Gasteiger partial charge < -0.3 is 20.0 Å². The van der Waals surface area contributed by atoms with Crippen LogP contribution in [0.25, 0.3) is 0 Å². The Morgan fingerprint density at radius 1 is 1.30 bits per heavy atom. The van der Waals surface area contributed by atoms with Crippen molar-refractivity contribution in [3.63, 3.8) is 0 Å². The number of rotatable bonds is 2. The van der Waals surface area contributed by atoms with Gasteiger partial charge in [-0.2, -0.15) is 5.06 Å². The van der Waals surface area contributed by atoms with Gasteiger partial charge in [-0.25, -0.2) is 4.39 Å². The third-order valence-corrected chi connectivity index (χ3v) is 7.47. The molecule has 2 N–H and O–H groups in total. The van der Waals surface area contributed by atoms with Gasteiger partial charge in [0.05, 0.1) is 0 Å². The number of hydrogen-bond acceptors (Lipinski definition) is 8. The zero-order valence-corrected chi connectivity index (χ0v) is 14.8. The minimum Gasteiger partial charge on any atom is -0.480 e. The van der Waals surface area contributed by atoms with Gasteiger partial charge in [-0.05, 0) is 6.07 Å². The zero-order chi connectivity index (χ0) is 18.7. The molecule has 140 valence electrons. The van der Waals surface area contributed by atoms with Gasteiger partial charge in [-0.1, -0.05) is 11.8 Å². The molecule has 6 rings (SSSR count). The van der Waals surface area contributed by atoms with Gasteiger partial charge in [0.1, 0.15) is 16.7 Å². The van der Waals surface area contributed by atoms with Crippen LogP contribution in [0.5, 0.6) is 5.75 Å². The number of ketones is 1. The van der Waals surface area contributed by atoms with Crippen molar-refractivity contribution < 1.29 is 29.0 Å². The molecule has 5 aliphatic rings. The molecule has 0 amide bonds. The quantitative estimate of drug-likeness (QED) is 0.727. The first-order valence-corrected chi connectivity index (χ1v) is 9.52. The van der Waals surface area contributed by atoms with Crippen LogP contribution in [0.1, 0.15) is 16.8 Å². The molecule has 2 unspecified atom stereocenters. The Morgan fingerprint density at radius 3 is 2.74 bits per heavy atom. The van der Waals surface area contributed by atoms with Crippen LogP contribution in [-0.2, 0) is 4.79 Å². The number of carboxylic acid groups (broad SMARTS) is 1. The van der Waals surface area contributed by atoms with Gasteiger partial charge in [0, 0.05) is 43.1 Å². The predicted octanol–water partition coefficient (Wildman–Crippen LogP) is 1.45. The summed E-state index contributed by atoms with van der Waals surface area (Å²) in [7, 11) is 0. The lowest BCUT2D eigenvalue weighted by Crippen LogP contribution is -2.56. The van der Waals surface area contributed by atoms with Gasteiger partial charge in [-0.3, -0.25) is 14.5 Å². The van der Waals surface area contributed by atoms with E-state index < -0.39 is 28.4 Å².